The molecule has 0 saturated carbocycles. The van der Waals surface area contributed by atoms with Crippen LogP contribution >= 0.6 is 11.8 Å². The van der Waals surface area contributed by atoms with Crippen LogP contribution in [0.15, 0.2) is 23.1 Å². The number of nitrogens with zero attached hydrogens (tertiary/aromatic N) is 1. The van der Waals surface area contributed by atoms with E-state index in [9.17, 15) is 13.0 Å². The second kappa shape index (κ2) is 4.51. The third-order valence-corrected chi connectivity index (χ3v) is 5.65. The summed E-state index contributed by atoms with van der Waals surface area (Å²) in [6, 6.07) is 5.81. The highest BCUT2D eigenvalue weighted by Crippen LogP contribution is 2.46. The normalized spacial score (nSPS) is 19.5. The summed E-state index contributed by atoms with van der Waals surface area (Å²) < 4.78 is 31.1. The lowest BCUT2D eigenvalue weighted by Gasteiger charge is -2.24. The number of anilines is 1. The zero-order valence-electron chi connectivity index (χ0n) is 9.75. The van der Waals surface area contributed by atoms with Gasteiger partial charge < -0.3 is 4.90 Å². The van der Waals surface area contributed by atoms with Crippen molar-refractivity contribution in [1.29, 1.82) is 0 Å². The molecule has 17 heavy (non-hydrogen) atoms. The molecule has 1 aromatic carbocycles. The smallest absolute Gasteiger partial charge is 0.296 e. The number of fused-ring (bicyclic) bond motifs is 1. The van der Waals surface area contributed by atoms with Crippen molar-refractivity contribution in [1.82, 2.24) is 0 Å². The maximum atomic E-state index is 11.4. The highest BCUT2D eigenvalue weighted by molar-refractivity contribution is 8.12. The Morgan fingerprint density at radius 2 is 2.12 bits per heavy atom. The van der Waals surface area contributed by atoms with Crippen LogP contribution in [0.2, 0.25) is 0 Å². The van der Waals surface area contributed by atoms with E-state index in [1.54, 1.807) is 4.90 Å². The van der Waals surface area contributed by atoms with E-state index in [0.29, 0.717) is 6.54 Å². The molecule has 1 aliphatic heterocycles. The van der Waals surface area contributed by atoms with E-state index >= 15 is 0 Å². The van der Waals surface area contributed by atoms with Crippen molar-refractivity contribution in [2.45, 2.75) is 29.9 Å². The summed E-state index contributed by atoms with van der Waals surface area (Å²) in [7, 11) is -4.07. The molecule has 94 valence electrons. The van der Waals surface area contributed by atoms with Crippen LogP contribution in [-0.2, 0) is 16.5 Å². The van der Waals surface area contributed by atoms with Gasteiger partial charge in [0.05, 0.1) is 5.69 Å². The molecule has 4 nitrogen and oxygen atoms in total. The minimum Gasteiger partial charge on any atom is -0.344 e. The first-order valence-corrected chi connectivity index (χ1v) is 7.88. The van der Waals surface area contributed by atoms with Crippen LogP contribution in [0.1, 0.15) is 19.4 Å². The van der Waals surface area contributed by atoms with Crippen molar-refractivity contribution in [2.24, 2.45) is 0 Å². The van der Waals surface area contributed by atoms with Crippen LogP contribution in [0.25, 0.3) is 0 Å². The van der Waals surface area contributed by atoms with Crippen molar-refractivity contribution in [3.05, 3.63) is 23.8 Å². The fourth-order valence-corrected chi connectivity index (χ4v) is 4.57. The topological polar surface area (TPSA) is 57.6 Å². The predicted molar refractivity (Wildman–Crippen MR) is 70.0 cm³/mol. The first-order chi connectivity index (χ1) is 7.99. The Labute approximate surface area is 106 Å². The standard InChI is InChI=1S/C11H15NO3S2/c1-3-8-6-5-7-9-10(8)12(4-2)11(16-9)17(13,14)15/h5-7,11H,3-4H2,1-2H3,(H,13,14,15). The molecule has 0 amide bonds. The van der Waals surface area contributed by atoms with Crippen LogP contribution in [0.3, 0.4) is 0 Å². The summed E-state index contributed by atoms with van der Waals surface area (Å²) in [5, 5.41) is 0. The maximum absolute atomic E-state index is 11.4. The van der Waals surface area contributed by atoms with Crippen molar-refractivity contribution >= 4 is 27.6 Å². The second-order valence-electron chi connectivity index (χ2n) is 3.84. The van der Waals surface area contributed by atoms with E-state index in [2.05, 4.69) is 0 Å². The zero-order valence-corrected chi connectivity index (χ0v) is 11.4. The number of para-hydroxylation sites is 1. The minimum absolute atomic E-state index is 0.557. The molecule has 1 aromatic rings. The molecule has 1 N–H and O–H groups in total. The molecule has 1 heterocycles. The van der Waals surface area contributed by atoms with Gasteiger partial charge in [-0.1, -0.05) is 30.8 Å². The van der Waals surface area contributed by atoms with Gasteiger partial charge in [0.15, 0.2) is 0 Å². The van der Waals surface area contributed by atoms with Crippen molar-refractivity contribution in [3.63, 3.8) is 0 Å². The van der Waals surface area contributed by atoms with Gasteiger partial charge in [-0.25, -0.2) is 0 Å². The van der Waals surface area contributed by atoms with Gasteiger partial charge in [0.25, 0.3) is 10.1 Å². The molecule has 0 saturated heterocycles. The molecule has 2 rings (SSSR count). The highest BCUT2D eigenvalue weighted by Gasteiger charge is 2.38. The van der Waals surface area contributed by atoms with E-state index in [1.165, 1.54) is 11.8 Å². The van der Waals surface area contributed by atoms with Crippen LogP contribution in [0.5, 0.6) is 0 Å². The lowest BCUT2D eigenvalue weighted by atomic mass is 10.1. The fraction of sp³-hybridized carbons (Fsp3) is 0.455. The Kier molecular flexibility index (Phi) is 3.38. The molecule has 1 aliphatic rings. The molecule has 6 heteroatoms. The molecule has 0 spiro atoms. The summed E-state index contributed by atoms with van der Waals surface area (Å²) in [6.45, 7) is 4.48. The first kappa shape index (κ1) is 12.7. The lowest BCUT2D eigenvalue weighted by molar-refractivity contribution is 0.478. The molecular weight excluding hydrogens is 258 g/mol. The third-order valence-electron chi connectivity index (χ3n) is 2.83. The fourth-order valence-electron chi connectivity index (χ4n) is 2.08. The number of rotatable bonds is 3. The molecular formula is C11H15NO3S2. The molecule has 0 bridgehead atoms. The number of benzene rings is 1. The Bertz CT molecular complexity index is 528. The average molecular weight is 273 g/mol. The summed E-state index contributed by atoms with van der Waals surface area (Å²) in [5.74, 6) is 0. The summed E-state index contributed by atoms with van der Waals surface area (Å²) in [6.07, 6.45) is 0.846. The van der Waals surface area contributed by atoms with Crippen LogP contribution < -0.4 is 4.90 Å². The molecule has 0 fully saturated rings. The van der Waals surface area contributed by atoms with Gasteiger partial charge in [0.1, 0.15) is 0 Å². The van der Waals surface area contributed by atoms with E-state index in [1.807, 2.05) is 32.0 Å². The van der Waals surface area contributed by atoms with Crippen molar-refractivity contribution < 1.29 is 13.0 Å². The second-order valence-corrected chi connectivity index (χ2v) is 6.74. The van der Waals surface area contributed by atoms with Crippen molar-refractivity contribution in [2.75, 3.05) is 11.4 Å². The Morgan fingerprint density at radius 1 is 1.41 bits per heavy atom. The highest BCUT2D eigenvalue weighted by atomic mass is 32.3. The number of hydrogen-bond donors (Lipinski definition) is 1. The van der Waals surface area contributed by atoms with Gasteiger partial charge in [-0.2, -0.15) is 8.42 Å². The quantitative estimate of drug-likeness (QED) is 0.857. The van der Waals surface area contributed by atoms with Gasteiger partial charge >= 0.3 is 0 Å². The van der Waals surface area contributed by atoms with E-state index in [-0.39, 0.29) is 0 Å². The Balaban J connectivity index is 2.53. The van der Waals surface area contributed by atoms with Gasteiger partial charge in [0.2, 0.25) is 4.71 Å². The molecule has 0 radical (unpaired) electrons. The van der Waals surface area contributed by atoms with Crippen LogP contribution in [0, 0.1) is 0 Å². The summed E-state index contributed by atoms with van der Waals surface area (Å²) in [5.41, 5.74) is 2.06. The number of thioether (sulfide) groups is 1. The average Bonchev–Trinajstić information content (AvgIpc) is 2.66. The number of hydrogen-bond acceptors (Lipinski definition) is 4. The third kappa shape index (κ3) is 2.17. The van der Waals surface area contributed by atoms with Gasteiger partial charge in [-0.05, 0) is 25.0 Å². The Morgan fingerprint density at radius 3 is 2.65 bits per heavy atom. The number of aryl methyl sites for hydroxylation is 1. The van der Waals surface area contributed by atoms with Crippen LogP contribution in [0.4, 0.5) is 5.69 Å². The summed E-state index contributed by atoms with van der Waals surface area (Å²) in [4.78, 5) is 2.67. The van der Waals surface area contributed by atoms with E-state index in [0.717, 1.165) is 22.6 Å². The Hall–Kier alpha value is -0.720. The summed E-state index contributed by atoms with van der Waals surface area (Å²) >= 11 is 1.19. The zero-order chi connectivity index (χ0) is 12.6. The molecule has 1 unspecified atom stereocenters. The van der Waals surface area contributed by atoms with E-state index in [4.69, 9.17) is 0 Å². The van der Waals surface area contributed by atoms with Gasteiger partial charge in [-0.15, -0.1) is 0 Å². The molecule has 0 aromatic heterocycles. The largest absolute Gasteiger partial charge is 0.344 e. The molecule has 0 aliphatic carbocycles. The monoisotopic (exact) mass is 273 g/mol. The van der Waals surface area contributed by atoms with Gasteiger partial charge in [0, 0.05) is 11.4 Å². The van der Waals surface area contributed by atoms with Crippen LogP contribution in [-0.4, -0.2) is 24.2 Å². The lowest BCUT2D eigenvalue weighted by Crippen LogP contribution is -2.35. The predicted octanol–water partition coefficient (Wildman–Crippen LogP) is 2.35. The minimum atomic E-state index is -4.07. The van der Waals surface area contributed by atoms with Crippen molar-refractivity contribution in [3.8, 4) is 0 Å². The SMILES string of the molecule is CCc1cccc2c1N(CC)C(S(=O)(=O)O)S2. The molecule has 1 atom stereocenters. The first-order valence-electron chi connectivity index (χ1n) is 5.50. The van der Waals surface area contributed by atoms with Gasteiger partial charge in [-0.3, -0.25) is 4.55 Å². The van der Waals surface area contributed by atoms with E-state index < -0.39 is 14.8 Å². The maximum Gasteiger partial charge on any atom is 0.296 e.